The molecule has 7 aromatic carbocycles. The summed E-state index contributed by atoms with van der Waals surface area (Å²) < 4.78 is 4.85. The quantitative estimate of drug-likeness (QED) is 0.198. The lowest BCUT2D eigenvalue weighted by Crippen LogP contribution is -2.00. The first-order valence-electron chi connectivity index (χ1n) is 16.3. The summed E-state index contributed by atoms with van der Waals surface area (Å²) in [6.07, 6.45) is 0. The molecule has 0 aliphatic carbocycles. The maximum atomic E-state index is 5.20. The molecule has 48 heavy (non-hydrogen) atoms. The van der Waals surface area contributed by atoms with Gasteiger partial charge in [0.05, 0.1) is 33.3 Å². The molecule has 0 radical (unpaired) electrons. The Kier molecular flexibility index (Phi) is 5.84. The Bertz CT molecular complexity index is 2830. The third-order valence-corrected chi connectivity index (χ3v) is 9.50. The maximum absolute atomic E-state index is 5.20. The summed E-state index contributed by atoms with van der Waals surface area (Å²) in [5.74, 6) is 0.707. The maximum Gasteiger partial charge on any atom is 0.160 e. The minimum atomic E-state index is 0.707. The minimum absolute atomic E-state index is 0.707. The van der Waals surface area contributed by atoms with E-state index in [2.05, 4.69) is 167 Å². The molecular formula is C44H28N4. The molecule has 3 heterocycles. The fourth-order valence-electron chi connectivity index (χ4n) is 7.42. The molecule has 0 aliphatic rings. The van der Waals surface area contributed by atoms with Gasteiger partial charge in [-0.15, -0.1) is 0 Å². The zero-order chi connectivity index (χ0) is 31.6. The van der Waals surface area contributed by atoms with Crippen LogP contribution in [-0.4, -0.2) is 19.1 Å². The molecule has 0 amide bonds. The summed E-state index contributed by atoms with van der Waals surface area (Å²) in [6.45, 7) is 0. The molecule has 10 rings (SSSR count). The van der Waals surface area contributed by atoms with Crippen molar-refractivity contribution in [2.45, 2.75) is 0 Å². The first kappa shape index (κ1) is 26.7. The van der Waals surface area contributed by atoms with Gasteiger partial charge in [0.2, 0.25) is 0 Å². The van der Waals surface area contributed by atoms with E-state index in [0.717, 1.165) is 44.6 Å². The van der Waals surface area contributed by atoms with Gasteiger partial charge in [-0.3, -0.25) is 0 Å². The molecule has 4 nitrogen and oxygen atoms in total. The highest BCUT2D eigenvalue weighted by molar-refractivity contribution is 6.23. The van der Waals surface area contributed by atoms with E-state index in [1.54, 1.807) is 0 Å². The van der Waals surface area contributed by atoms with E-state index in [1.165, 1.54) is 38.1 Å². The van der Waals surface area contributed by atoms with E-state index < -0.39 is 0 Å². The molecule has 0 spiro atoms. The molecule has 0 bridgehead atoms. The van der Waals surface area contributed by atoms with Crippen LogP contribution in [0.2, 0.25) is 0 Å². The molecule has 4 heteroatoms. The number of aromatic nitrogens is 4. The van der Waals surface area contributed by atoms with E-state index in [4.69, 9.17) is 9.97 Å². The minimum Gasteiger partial charge on any atom is -0.307 e. The van der Waals surface area contributed by atoms with Crippen molar-refractivity contribution in [3.63, 3.8) is 0 Å². The number of hydrogen-bond donors (Lipinski definition) is 0. The number of fused-ring (bicyclic) bond motifs is 8. The Morgan fingerprint density at radius 2 is 0.875 bits per heavy atom. The van der Waals surface area contributed by atoms with Crippen molar-refractivity contribution in [1.29, 1.82) is 0 Å². The number of benzene rings is 7. The number of hydrogen-bond acceptors (Lipinski definition) is 2. The van der Waals surface area contributed by atoms with Gasteiger partial charge in [-0.2, -0.15) is 0 Å². The zero-order valence-corrected chi connectivity index (χ0v) is 26.0. The highest BCUT2D eigenvalue weighted by Gasteiger charge is 2.21. The fourth-order valence-corrected chi connectivity index (χ4v) is 7.42. The van der Waals surface area contributed by atoms with Crippen molar-refractivity contribution in [2.24, 2.45) is 0 Å². The van der Waals surface area contributed by atoms with Crippen LogP contribution in [-0.2, 0) is 0 Å². The molecule has 0 saturated carbocycles. The van der Waals surface area contributed by atoms with E-state index >= 15 is 0 Å². The summed E-state index contributed by atoms with van der Waals surface area (Å²) in [7, 11) is 0. The SMILES string of the molecule is c1ccc(-c2nc(-c3cccc(-n4c5ccccc5c5ccc6c7ccccc7n(-c7ccccc7)c6c54)c3)nc3ccccc23)cc1. The summed E-state index contributed by atoms with van der Waals surface area (Å²) in [5.41, 5.74) is 10.8. The summed E-state index contributed by atoms with van der Waals surface area (Å²) in [5, 5.41) is 5.95. The molecule has 0 unspecified atom stereocenters. The van der Waals surface area contributed by atoms with Gasteiger partial charge in [0.1, 0.15) is 0 Å². The van der Waals surface area contributed by atoms with E-state index in [9.17, 15) is 0 Å². The van der Waals surface area contributed by atoms with Crippen LogP contribution in [0.25, 0.3) is 88.5 Å². The largest absolute Gasteiger partial charge is 0.307 e. The Labute approximate surface area is 276 Å². The van der Waals surface area contributed by atoms with Crippen LogP contribution in [0, 0.1) is 0 Å². The van der Waals surface area contributed by atoms with Gasteiger partial charge in [-0.1, -0.05) is 127 Å². The molecular weight excluding hydrogens is 585 g/mol. The Morgan fingerprint density at radius 1 is 0.354 bits per heavy atom. The highest BCUT2D eigenvalue weighted by atomic mass is 15.0. The van der Waals surface area contributed by atoms with Gasteiger partial charge in [-0.05, 0) is 42.5 Å². The Morgan fingerprint density at radius 3 is 1.56 bits per heavy atom. The standard InChI is InChI=1S/C44H28N4/c1-3-14-29(15-4-1)41-37-22-7-10-23-38(37)45-44(46-41)30-16-13-19-32(28-30)48-40-25-12-9-21-34(40)36-27-26-35-33-20-8-11-24-39(33)47(42(35)43(36)48)31-17-5-2-6-18-31/h1-28H. The molecule has 10 aromatic rings. The Balaban J connectivity index is 1.29. The van der Waals surface area contributed by atoms with E-state index in [-0.39, 0.29) is 0 Å². The van der Waals surface area contributed by atoms with Crippen molar-refractivity contribution in [1.82, 2.24) is 19.1 Å². The molecule has 3 aromatic heterocycles. The summed E-state index contributed by atoms with van der Waals surface area (Å²) in [4.78, 5) is 10.3. The van der Waals surface area contributed by atoms with Gasteiger partial charge in [0, 0.05) is 49.4 Å². The Hall–Kier alpha value is -6.52. The van der Waals surface area contributed by atoms with Gasteiger partial charge >= 0.3 is 0 Å². The molecule has 0 fully saturated rings. The van der Waals surface area contributed by atoms with Crippen LogP contribution >= 0.6 is 0 Å². The summed E-state index contributed by atoms with van der Waals surface area (Å²) in [6, 6.07) is 60.1. The van der Waals surface area contributed by atoms with Crippen LogP contribution in [0.15, 0.2) is 170 Å². The smallest absolute Gasteiger partial charge is 0.160 e. The van der Waals surface area contributed by atoms with Crippen molar-refractivity contribution >= 4 is 54.5 Å². The monoisotopic (exact) mass is 612 g/mol. The number of para-hydroxylation sites is 4. The van der Waals surface area contributed by atoms with Gasteiger partial charge in [0.25, 0.3) is 0 Å². The van der Waals surface area contributed by atoms with E-state index in [1.807, 2.05) is 12.1 Å². The first-order valence-corrected chi connectivity index (χ1v) is 16.3. The average molecular weight is 613 g/mol. The van der Waals surface area contributed by atoms with Crippen LogP contribution < -0.4 is 0 Å². The topological polar surface area (TPSA) is 35.6 Å². The predicted octanol–water partition coefficient (Wildman–Crippen LogP) is 11.2. The average Bonchev–Trinajstić information content (AvgIpc) is 3.68. The zero-order valence-electron chi connectivity index (χ0n) is 26.0. The lowest BCUT2D eigenvalue weighted by atomic mass is 10.1. The third-order valence-electron chi connectivity index (χ3n) is 9.50. The molecule has 0 atom stereocenters. The first-order chi connectivity index (χ1) is 23.8. The van der Waals surface area contributed by atoms with Crippen LogP contribution in [0.4, 0.5) is 0 Å². The van der Waals surface area contributed by atoms with Gasteiger partial charge in [-0.25, -0.2) is 9.97 Å². The molecule has 0 N–H and O–H groups in total. The van der Waals surface area contributed by atoms with Crippen molar-refractivity contribution in [3.8, 4) is 34.0 Å². The molecule has 0 aliphatic heterocycles. The second kappa shape index (κ2) is 10.5. The van der Waals surface area contributed by atoms with Crippen LogP contribution in [0.5, 0.6) is 0 Å². The normalized spacial score (nSPS) is 11.8. The van der Waals surface area contributed by atoms with Gasteiger partial charge in [0.15, 0.2) is 5.82 Å². The summed E-state index contributed by atoms with van der Waals surface area (Å²) >= 11 is 0. The lowest BCUT2D eigenvalue weighted by molar-refractivity contribution is 1.15. The van der Waals surface area contributed by atoms with Crippen molar-refractivity contribution < 1.29 is 0 Å². The predicted molar refractivity (Wildman–Crippen MR) is 199 cm³/mol. The highest BCUT2D eigenvalue weighted by Crippen LogP contribution is 2.42. The van der Waals surface area contributed by atoms with Crippen LogP contribution in [0.1, 0.15) is 0 Å². The second-order valence-electron chi connectivity index (χ2n) is 12.2. The fraction of sp³-hybridized carbons (Fsp3) is 0. The lowest BCUT2D eigenvalue weighted by Gasteiger charge is -2.14. The van der Waals surface area contributed by atoms with Gasteiger partial charge < -0.3 is 9.13 Å². The third kappa shape index (κ3) is 3.96. The van der Waals surface area contributed by atoms with Crippen molar-refractivity contribution in [2.75, 3.05) is 0 Å². The second-order valence-corrected chi connectivity index (χ2v) is 12.2. The molecule has 224 valence electrons. The number of nitrogens with zero attached hydrogens (tertiary/aromatic N) is 4. The number of rotatable bonds is 4. The van der Waals surface area contributed by atoms with Crippen molar-refractivity contribution in [3.05, 3.63) is 170 Å². The molecule has 0 saturated heterocycles. The van der Waals surface area contributed by atoms with Crippen LogP contribution in [0.3, 0.4) is 0 Å². The van der Waals surface area contributed by atoms with E-state index in [0.29, 0.717) is 5.82 Å².